The van der Waals surface area contributed by atoms with Gasteiger partial charge < -0.3 is 5.73 Å². The number of hydrogen-bond acceptors (Lipinski definition) is 5. The number of rotatable bonds is 3. The molecule has 0 bridgehead atoms. The molecule has 2 rings (SSSR count). The molecule has 0 fully saturated rings. The van der Waals surface area contributed by atoms with Crippen LogP contribution in [0.1, 0.15) is 0 Å². The van der Waals surface area contributed by atoms with Gasteiger partial charge in [0.25, 0.3) is 10.0 Å². The van der Waals surface area contributed by atoms with E-state index in [2.05, 4.69) is 9.71 Å². The number of nitrogens with two attached hydrogens (primary N) is 1. The third-order valence-corrected chi connectivity index (χ3v) is 3.97. The molecule has 84 valence electrons. The van der Waals surface area contributed by atoms with Gasteiger partial charge in [0.1, 0.15) is 10.7 Å². The molecule has 0 aliphatic rings. The summed E-state index contributed by atoms with van der Waals surface area (Å²) in [5.74, 6) is -0.00905. The number of sulfonamides is 1. The summed E-state index contributed by atoms with van der Waals surface area (Å²) in [5, 5.41) is 3.48. The van der Waals surface area contributed by atoms with E-state index in [4.69, 9.17) is 5.73 Å². The Balaban J connectivity index is 2.37. The van der Waals surface area contributed by atoms with Gasteiger partial charge in [0.05, 0.1) is 5.69 Å². The molecule has 0 unspecified atom stereocenters. The topological polar surface area (TPSA) is 85.1 Å². The summed E-state index contributed by atoms with van der Waals surface area (Å²) in [6, 6.07) is 4.62. The van der Waals surface area contributed by atoms with E-state index in [1.807, 2.05) is 0 Å². The van der Waals surface area contributed by atoms with Gasteiger partial charge in [-0.1, -0.05) is 0 Å². The highest BCUT2D eigenvalue weighted by atomic mass is 32.2. The lowest BCUT2D eigenvalue weighted by Gasteiger charge is -2.07. The number of aromatic nitrogens is 1. The number of anilines is 2. The van der Waals surface area contributed by atoms with Gasteiger partial charge in [-0.05, 0) is 23.6 Å². The molecule has 0 spiro atoms. The zero-order valence-electron chi connectivity index (χ0n) is 8.12. The van der Waals surface area contributed by atoms with E-state index in [0.717, 1.165) is 0 Å². The Morgan fingerprint density at radius 3 is 2.81 bits per heavy atom. The second-order valence-electron chi connectivity index (χ2n) is 3.00. The normalized spacial score (nSPS) is 11.2. The highest BCUT2D eigenvalue weighted by Gasteiger charge is 2.17. The minimum Gasteiger partial charge on any atom is -0.383 e. The maximum atomic E-state index is 11.9. The summed E-state index contributed by atoms with van der Waals surface area (Å²) in [5.41, 5.74) is 6.03. The van der Waals surface area contributed by atoms with Crippen LogP contribution in [0.5, 0.6) is 0 Å². The van der Waals surface area contributed by atoms with Crippen LogP contribution < -0.4 is 10.5 Å². The average Bonchev–Trinajstić information content (AvgIpc) is 2.70. The molecular formula is C9H9N3O2S2. The van der Waals surface area contributed by atoms with Crippen LogP contribution in [-0.2, 0) is 10.0 Å². The van der Waals surface area contributed by atoms with Gasteiger partial charge in [-0.3, -0.25) is 4.72 Å². The number of nitrogens with zero attached hydrogens (tertiary/aromatic N) is 1. The molecule has 3 N–H and O–H groups in total. The lowest BCUT2D eigenvalue weighted by Crippen LogP contribution is -2.14. The van der Waals surface area contributed by atoms with Crippen molar-refractivity contribution >= 4 is 32.9 Å². The van der Waals surface area contributed by atoms with Crippen molar-refractivity contribution < 1.29 is 8.42 Å². The van der Waals surface area contributed by atoms with Crippen LogP contribution in [0.15, 0.2) is 40.1 Å². The molecule has 0 aliphatic heterocycles. The van der Waals surface area contributed by atoms with Crippen molar-refractivity contribution in [3.63, 3.8) is 0 Å². The Kier molecular flexibility index (Phi) is 2.80. The van der Waals surface area contributed by atoms with Crippen LogP contribution in [0.2, 0.25) is 0 Å². The fourth-order valence-corrected chi connectivity index (χ4v) is 2.96. The molecule has 7 heteroatoms. The summed E-state index contributed by atoms with van der Waals surface area (Å²) in [6.07, 6.45) is 1.44. The van der Waals surface area contributed by atoms with E-state index in [0.29, 0.717) is 5.69 Å². The van der Waals surface area contributed by atoms with E-state index in [9.17, 15) is 8.42 Å². The van der Waals surface area contributed by atoms with Gasteiger partial charge in [0.15, 0.2) is 0 Å². The highest BCUT2D eigenvalue weighted by molar-refractivity contribution is 7.92. The molecule has 0 saturated carbocycles. The fraction of sp³-hybridized carbons (Fsp3) is 0. The average molecular weight is 255 g/mol. The van der Waals surface area contributed by atoms with Crippen molar-refractivity contribution in [1.29, 1.82) is 0 Å². The van der Waals surface area contributed by atoms with Gasteiger partial charge in [0.2, 0.25) is 0 Å². The van der Waals surface area contributed by atoms with Crippen LogP contribution in [0.4, 0.5) is 11.5 Å². The summed E-state index contributed by atoms with van der Waals surface area (Å²) in [4.78, 5) is 3.72. The van der Waals surface area contributed by atoms with Crippen LogP contribution >= 0.6 is 11.3 Å². The number of thiophene rings is 1. The summed E-state index contributed by atoms with van der Waals surface area (Å²) in [6.45, 7) is 0. The predicted molar refractivity (Wildman–Crippen MR) is 63.8 cm³/mol. The number of nitrogens with one attached hydrogen (secondary N) is 1. The molecule has 0 aliphatic carbocycles. The summed E-state index contributed by atoms with van der Waals surface area (Å²) in [7, 11) is -3.64. The number of hydrogen-bond donors (Lipinski definition) is 2. The number of pyridine rings is 1. The van der Waals surface area contributed by atoms with Crippen LogP contribution in [0, 0.1) is 0 Å². The molecule has 16 heavy (non-hydrogen) atoms. The third kappa shape index (κ3) is 2.15. The first-order chi connectivity index (χ1) is 7.59. The molecule has 0 aromatic carbocycles. The van der Waals surface area contributed by atoms with Gasteiger partial charge in [-0.15, -0.1) is 0 Å². The second-order valence-corrected chi connectivity index (χ2v) is 5.44. The zero-order valence-corrected chi connectivity index (χ0v) is 9.75. The van der Waals surface area contributed by atoms with E-state index >= 15 is 0 Å². The SMILES string of the molecule is Nc1ncccc1S(=O)(=O)Nc1ccsc1. The molecule has 2 aromatic heterocycles. The van der Waals surface area contributed by atoms with Crippen LogP contribution in [0.25, 0.3) is 0 Å². The molecule has 0 radical (unpaired) electrons. The Morgan fingerprint density at radius 1 is 1.38 bits per heavy atom. The van der Waals surface area contributed by atoms with Gasteiger partial charge in [-0.2, -0.15) is 11.3 Å². The van der Waals surface area contributed by atoms with E-state index in [1.54, 1.807) is 16.8 Å². The Morgan fingerprint density at radius 2 is 2.19 bits per heavy atom. The van der Waals surface area contributed by atoms with E-state index < -0.39 is 10.0 Å². The minimum atomic E-state index is -3.64. The van der Waals surface area contributed by atoms with Gasteiger partial charge in [-0.25, -0.2) is 13.4 Å². The molecule has 0 amide bonds. The van der Waals surface area contributed by atoms with Crippen molar-refractivity contribution in [3.8, 4) is 0 Å². The molecule has 2 aromatic rings. The third-order valence-electron chi connectivity index (χ3n) is 1.86. The minimum absolute atomic E-state index is 0.00905. The predicted octanol–water partition coefficient (Wildman–Crippen LogP) is 1.53. The Hall–Kier alpha value is -1.60. The van der Waals surface area contributed by atoms with E-state index in [1.165, 1.54) is 29.7 Å². The smallest absolute Gasteiger partial charge is 0.265 e. The number of nitrogen functional groups attached to an aromatic ring is 1. The zero-order chi connectivity index (χ0) is 11.6. The quantitative estimate of drug-likeness (QED) is 0.871. The van der Waals surface area contributed by atoms with Crippen molar-refractivity contribution in [1.82, 2.24) is 4.98 Å². The van der Waals surface area contributed by atoms with Crippen molar-refractivity contribution in [2.24, 2.45) is 0 Å². The monoisotopic (exact) mass is 255 g/mol. The molecule has 0 saturated heterocycles. The first kappa shape index (κ1) is 10.9. The first-order valence-electron chi connectivity index (χ1n) is 4.35. The van der Waals surface area contributed by atoms with Crippen LogP contribution in [-0.4, -0.2) is 13.4 Å². The lowest BCUT2D eigenvalue weighted by atomic mass is 10.5. The lowest BCUT2D eigenvalue weighted by molar-refractivity contribution is 0.601. The van der Waals surface area contributed by atoms with Crippen molar-refractivity contribution in [2.75, 3.05) is 10.5 Å². The summed E-state index contributed by atoms with van der Waals surface area (Å²) >= 11 is 1.41. The molecule has 5 nitrogen and oxygen atoms in total. The van der Waals surface area contributed by atoms with Crippen molar-refractivity contribution in [2.45, 2.75) is 4.90 Å². The standard InChI is InChI=1S/C9H9N3O2S2/c10-9-8(2-1-4-11-9)16(13,14)12-7-3-5-15-6-7/h1-6,12H,(H2,10,11). The Bertz CT molecular complexity index is 579. The van der Waals surface area contributed by atoms with Crippen molar-refractivity contribution in [3.05, 3.63) is 35.2 Å². The summed E-state index contributed by atoms with van der Waals surface area (Å²) < 4.78 is 26.2. The second kappa shape index (κ2) is 4.11. The molecule has 2 heterocycles. The molecule has 0 atom stereocenters. The van der Waals surface area contributed by atoms with Gasteiger partial charge in [0, 0.05) is 11.6 Å². The van der Waals surface area contributed by atoms with Crippen LogP contribution in [0.3, 0.4) is 0 Å². The van der Waals surface area contributed by atoms with E-state index in [-0.39, 0.29) is 10.7 Å². The largest absolute Gasteiger partial charge is 0.383 e. The maximum Gasteiger partial charge on any atom is 0.265 e. The maximum absolute atomic E-state index is 11.9. The molecular weight excluding hydrogens is 246 g/mol. The highest BCUT2D eigenvalue weighted by Crippen LogP contribution is 2.20. The fourth-order valence-electron chi connectivity index (χ4n) is 1.16. The van der Waals surface area contributed by atoms with Gasteiger partial charge >= 0.3 is 0 Å². The Labute approximate surface area is 97.0 Å². The first-order valence-corrected chi connectivity index (χ1v) is 6.78.